The van der Waals surface area contributed by atoms with Crippen molar-refractivity contribution in [2.75, 3.05) is 6.61 Å². The molecule has 3 heteroatoms. The van der Waals surface area contributed by atoms with E-state index in [1.165, 1.54) is 0 Å². The summed E-state index contributed by atoms with van der Waals surface area (Å²) < 4.78 is 0. The summed E-state index contributed by atoms with van der Waals surface area (Å²) in [4.78, 5) is 0. The molecule has 1 rings (SSSR count). The highest BCUT2D eigenvalue weighted by molar-refractivity contribution is 6.31. The van der Waals surface area contributed by atoms with E-state index in [9.17, 15) is 0 Å². The maximum atomic E-state index is 9.13. The Bertz CT molecular complexity index is 349. The van der Waals surface area contributed by atoms with E-state index < -0.39 is 0 Å². The molecule has 84 valence electrons. The lowest BCUT2D eigenvalue weighted by Gasteiger charge is -2.32. The van der Waals surface area contributed by atoms with Crippen LogP contribution in [-0.4, -0.2) is 17.8 Å². The molecule has 0 saturated heterocycles. The quantitative estimate of drug-likeness (QED) is 0.832. The molecule has 0 fully saturated rings. The second kappa shape index (κ2) is 4.52. The zero-order valence-electron chi connectivity index (χ0n) is 9.42. The highest BCUT2D eigenvalue weighted by atomic mass is 35.5. The molecular formula is C12H18ClNO. The van der Waals surface area contributed by atoms with Crippen LogP contribution in [0.2, 0.25) is 5.02 Å². The topological polar surface area (TPSA) is 46.2 Å². The molecule has 0 aliphatic heterocycles. The normalized spacial score (nSPS) is 14.0. The summed E-state index contributed by atoms with van der Waals surface area (Å²) in [7, 11) is 0. The molecule has 3 N–H and O–H groups in total. The molecule has 0 heterocycles. The maximum Gasteiger partial charge on any atom is 0.0591 e. The van der Waals surface area contributed by atoms with E-state index in [-0.39, 0.29) is 18.1 Å². The van der Waals surface area contributed by atoms with Crippen LogP contribution in [-0.2, 0) is 5.41 Å². The first-order valence-corrected chi connectivity index (χ1v) is 5.41. The second-order valence-electron chi connectivity index (χ2n) is 4.42. The Morgan fingerprint density at radius 3 is 2.60 bits per heavy atom. The zero-order chi connectivity index (χ0) is 11.6. The van der Waals surface area contributed by atoms with Crippen molar-refractivity contribution in [2.24, 2.45) is 5.73 Å². The fraction of sp³-hybridized carbons (Fsp3) is 0.500. The minimum Gasteiger partial charge on any atom is -0.395 e. The van der Waals surface area contributed by atoms with Gasteiger partial charge in [-0.2, -0.15) is 0 Å². The number of benzene rings is 1. The van der Waals surface area contributed by atoms with Crippen LogP contribution in [0.5, 0.6) is 0 Å². The van der Waals surface area contributed by atoms with E-state index in [0.717, 1.165) is 16.1 Å². The summed E-state index contributed by atoms with van der Waals surface area (Å²) in [6.45, 7) is 5.99. The standard InChI is InChI=1S/C12H18ClNO/c1-8-9(5-4-6-10(8)13)12(2,3)11(14)7-15/h4-6,11,15H,7,14H2,1-3H3. The highest BCUT2D eigenvalue weighted by Gasteiger charge is 2.29. The average molecular weight is 228 g/mol. The van der Waals surface area contributed by atoms with E-state index in [0.29, 0.717) is 0 Å². The molecule has 2 nitrogen and oxygen atoms in total. The van der Waals surface area contributed by atoms with Gasteiger partial charge in [-0.3, -0.25) is 0 Å². The molecule has 15 heavy (non-hydrogen) atoms. The lowest BCUT2D eigenvalue weighted by atomic mass is 9.76. The number of rotatable bonds is 3. The van der Waals surface area contributed by atoms with Gasteiger partial charge in [0.1, 0.15) is 0 Å². The van der Waals surface area contributed by atoms with Crippen molar-refractivity contribution in [2.45, 2.75) is 32.2 Å². The number of hydrogen-bond acceptors (Lipinski definition) is 2. The van der Waals surface area contributed by atoms with Gasteiger partial charge in [-0.05, 0) is 24.1 Å². The first-order chi connectivity index (χ1) is 6.91. The van der Waals surface area contributed by atoms with E-state index in [1.54, 1.807) is 0 Å². The van der Waals surface area contributed by atoms with E-state index >= 15 is 0 Å². The Kier molecular flexibility index (Phi) is 3.77. The predicted octanol–water partition coefficient (Wildman–Crippen LogP) is 2.25. The number of nitrogens with two attached hydrogens (primary N) is 1. The van der Waals surface area contributed by atoms with Gasteiger partial charge in [0.25, 0.3) is 0 Å². The largest absolute Gasteiger partial charge is 0.395 e. The van der Waals surface area contributed by atoms with Crippen molar-refractivity contribution in [3.05, 3.63) is 34.3 Å². The van der Waals surface area contributed by atoms with Crippen molar-refractivity contribution < 1.29 is 5.11 Å². The number of halogens is 1. The van der Waals surface area contributed by atoms with Gasteiger partial charge in [0.05, 0.1) is 6.61 Å². The summed E-state index contributed by atoms with van der Waals surface area (Å²) in [5.41, 5.74) is 7.76. The number of aliphatic hydroxyl groups excluding tert-OH is 1. The Labute approximate surface area is 96.1 Å². The minimum absolute atomic E-state index is 0.0288. The highest BCUT2D eigenvalue weighted by Crippen LogP contribution is 2.31. The number of hydrogen-bond donors (Lipinski definition) is 2. The van der Waals surface area contributed by atoms with Crippen molar-refractivity contribution in [3.8, 4) is 0 Å². The smallest absolute Gasteiger partial charge is 0.0591 e. The Balaban J connectivity index is 3.20. The molecule has 0 aliphatic carbocycles. The average Bonchev–Trinajstić information content (AvgIpc) is 2.20. The summed E-state index contributed by atoms with van der Waals surface area (Å²) in [6.07, 6.45) is 0. The van der Waals surface area contributed by atoms with Crippen molar-refractivity contribution in [1.82, 2.24) is 0 Å². The Morgan fingerprint density at radius 2 is 2.07 bits per heavy atom. The first-order valence-electron chi connectivity index (χ1n) is 5.03. The summed E-state index contributed by atoms with van der Waals surface area (Å²) >= 11 is 6.06. The lowest BCUT2D eigenvalue weighted by Crippen LogP contribution is -2.44. The van der Waals surface area contributed by atoms with Crippen LogP contribution >= 0.6 is 11.6 Å². The molecule has 0 spiro atoms. The van der Waals surface area contributed by atoms with Crippen LogP contribution in [0, 0.1) is 6.92 Å². The molecule has 0 amide bonds. The molecule has 0 bridgehead atoms. The van der Waals surface area contributed by atoms with Crippen LogP contribution in [0.15, 0.2) is 18.2 Å². The Morgan fingerprint density at radius 1 is 1.47 bits per heavy atom. The predicted molar refractivity (Wildman–Crippen MR) is 64.3 cm³/mol. The van der Waals surface area contributed by atoms with Gasteiger partial charge in [0, 0.05) is 16.5 Å². The fourth-order valence-corrected chi connectivity index (χ4v) is 1.91. The SMILES string of the molecule is Cc1c(Cl)cccc1C(C)(C)C(N)CO. The third kappa shape index (κ3) is 2.33. The van der Waals surface area contributed by atoms with E-state index in [2.05, 4.69) is 0 Å². The fourth-order valence-electron chi connectivity index (χ4n) is 1.73. The van der Waals surface area contributed by atoms with Gasteiger partial charge < -0.3 is 10.8 Å². The van der Waals surface area contributed by atoms with Gasteiger partial charge in [0.15, 0.2) is 0 Å². The lowest BCUT2D eigenvalue weighted by molar-refractivity contribution is 0.219. The van der Waals surface area contributed by atoms with Crippen LogP contribution in [0.3, 0.4) is 0 Å². The number of aliphatic hydroxyl groups is 1. The van der Waals surface area contributed by atoms with Crippen molar-refractivity contribution in [3.63, 3.8) is 0 Å². The van der Waals surface area contributed by atoms with Gasteiger partial charge in [-0.25, -0.2) is 0 Å². The van der Waals surface area contributed by atoms with Gasteiger partial charge in [0.2, 0.25) is 0 Å². The van der Waals surface area contributed by atoms with E-state index in [1.807, 2.05) is 39.0 Å². The second-order valence-corrected chi connectivity index (χ2v) is 4.83. The van der Waals surface area contributed by atoms with Gasteiger partial charge >= 0.3 is 0 Å². The Hall–Kier alpha value is -0.570. The molecule has 1 unspecified atom stereocenters. The van der Waals surface area contributed by atoms with Crippen LogP contribution in [0.4, 0.5) is 0 Å². The van der Waals surface area contributed by atoms with Crippen molar-refractivity contribution in [1.29, 1.82) is 0 Å². The molecule has 0 aromatic heterocycles. The molecular weight excluding hydrogens is 210 g/mol. The molecule has 0 radical (unpaired) electrons. The van der Waals surface area contributed by atoms with Crippen LogP contribution in [0.25, 0.3) is 0 Å². The van der Waals surface area contributed by atoms with Crippen LogP contribution in [0.1, 0.15) is 25.0 Å². The van der Waals surface area contributed by atoms with Crippen LogP contribution < -0.4 is 5.73 Å². The molecule has 0 aliphatic rings. The molecule has 0 saturated carbocycles. The third-order valence-corrected chi connectivity index (χ3v) is 3.50. The first kappa shape index (κ1) is 12.5. The van der Waals surface area contributed by atoms with E-state index in [4.69, 9.17) is 22.4 Å². The molecule has 1 aromatic rings. The molecule has 1 atom stereocenters. The monoisotopic (exact) mass is 227 g/mol. The van der Waals surface area contributed by atoms with Gasteiger partial charge in [-0.15, -0.1) is 0 Å². The summed E-state index contributed by atoms with van der Waals surface area (Å²) in [5, 5.41) is 9.88. The molecule has 1 aromatic carbocycles. The maximum absolute atomic E-state index is 9.13. The summed E-state index contributed by atoms with van der Waals surface area (Å²) in [5.74, 6) is 0. The summed E-state index contributed by atoms with van der Waals surface area (Å²) in [6, 6.07) is 5.50. The van der Waals surface area contributed by atoms with Crippen molar-refractivity contribution >= 4 is 11.6 Å². The minimum atomic E-state index is -0.283. The van der Waals surface area contributed by atoms with Gasteiger partial charge in [-0.1, -0.05) is 37.6 Å². The third-order valence-electron chi connectivity index (χ3n) is 3.09. The zero-order valence-corrected chi connectivity index (χ0v) is 10.2.